The Kier molecular flexibility index (Phi) is 5.83. The molecule has 4 heterocycles. The van der Waals surface area contributed by atoms with E-state index >= 15 is 0 Å². The number of pyridine rings is 1. The number of aryl methyl sites for hydroxylation is 1. The van der Waals surface area contributed by atoms with Crippen LogP contribution in [0.25, 0.3) is 0 Å². The van der Waals surface area contributed by atoms with Crippen LogP contribution >= 0.6 is 0 Å². The maximum atomic E-state index is 13.0. The Bertz CT molecular complexity index is 1650. The third kappa shape index (κ3) is 4.06. The number of hydrogen-bond acceptors (Lipinski definition) is 7. The number of nitrogens with one attached hydrogen (secondary N) is 1. The van der Waals surface area contributed by atoms with Crippen molar-refractivity contribution in [3.8, 4) is 0 Å². The molecule has 204 valence electrons. The lowest BCUT2D eigenvalue weighted by Crippen LogP contribution is -2.53. The van der Waals surface area contributed by atoms with Crippen LogP contribution in [0.4, 0.5) is 19.0 Å². The van der Waals surface area contributed by atoms with Gasteiger partial charge < -0.3 is 10.4 Å². The predicted octanol–water partition coefficient (Wildman–Crippen LogP) is 3.53. The third-order valence-corrected chi connectivity index (χ3v) is 7.38. The van der Waals surface area contributed by atoms with Crippen molar-refractivity contribution < 1.29 is 27.7 Å². The number of carbonyl (C=O) groups is 1. The number of quaternary nitrogens is 1. The standard InChI is InChI=1S/C27H23F3N8O2/c1-37-20-3-2-9-26(40,19(20)14-34-37)23-21-15-32-11-12-38(21,31)24(36-23)16-4-6-17(7-5-16)25(39)35-22-13-18(8-10-33-22)27(28,29)30/h4-8,10-15,40H,2-3,9,31H2,1H3/p+1/t26-,38?/m0/s1. The SMILES string of the molecule is Cn1ncc2c1CCC[C@@]2(O)C1=C2C=NC=C[N+]2(N)C(c2ccc(C(=O)Nc3cc(C(F)(F)F)ccn3)cc2)=N1. The van der Waals surface area contributed by atoms with Gasteiger partial charge in [-0.1, -0.05) is 0 Å². The van der Waals surface area contributed by atoms with Gasteiger partial charge in [0, 0.05) is 30.1 Å². The number of alkyl halides is 3. The number of aliphatic imine (C=N–C) groups is 2. The highest BCUT2D eigenvalue weighted by atomic mass is 19.4. The minimum absolute atomic E-state index is 0.195. The molecule has 0 saturated heterocycles. The maximum absolute atomic E-state index is 13.0. The molecule has 4 N–H and O–H groups in total. The van der Waals surface area contributed by atoms with Gasteiger partial charge in [-0.25, -0.2) is 4.98 Å². The molecule has 40 heavy (non-hydrogen) atoms. The van der Waals surface area contributed by atoms with Gasteiger partial charge in [-0.2, -0.15) is 29.1 Å². The zero-order valence-corrected chi connectivity index (χ0v) is 21.2. The van der Waals surface area contributed by atoms with Crippen molar-refractivity contribution in [2.75, 3.05) is 5.32 Å². The highest BCUT2D eigenvalue weighted by molar-refractivity contribution is 6.05. The Morgan fingerprint density at radius 1 is 1.23 bits per heavy atom. The maximum Gasteiger partial charge on any atom is 0.416 e. The normalized spacial score (nSPS) is 23.6. The molecule has 0 radical (unpaired) electrons. The fourth-order valence-electron chi connectivity index (χ4n) is 5.31. The van der Waals surface area contributed by atoms with E-state index in [1.165, 1.54) is 12.1 Å². The van der Waals surface area contributed by atoms with Gasteiger partial charge in [0.25, 0.3) is 11.7 Å². The molecule has 3 aliphatic rings. The number of aliphatic hydroxyl groups is 1. The molecule has 0 spiro atoms. The molecule has 1 aliphatic carbocycles. The molecule has 0 fully saturated rings. The molecule has 10 nitrogen and oxygen atoms in total. The van der Waals surface area contributed by atoms with Crippen molar-refractivity contribution in [1.29, 1.82) is 0 Å². The zero-order valence-electron chi connectivity index (χ0n) is 21.2. The highest BCUT2D eigenvalue weighted by Crippen LogP contribution is 2.46. The molecule has 2 aromatic heterocycles. The van der Waals surface area contributed by atoms with Gasteiger partial charge in [0.05, 0.1) is 29.7 Å². The summed E-state index contributed by atoms with van der Waals surface area (Å²) >= 11 is 0. The van der Waals surface area contributed by atoms with E-state index in [4.69, 9.17) is 10.8 Å². The molecule has 13 heteroatoms. The zero-order chi connectivity index (χ0) is 28.3. The number of amidine groups is 1. The Labute approximate surface area is 226 Å². The summed E-state index contributed by atoms with van der Waals surface area (Å²) in [7, 11) is 1.83. The van der Waals surface area contributed by atoms with E-state index in [2.05, 4.69) is 20.4 Å². The molecular weight excluding hydrogens is 525 g/mol. The summed E-state index contributed by atoms with van der Waals surface area (Å²) in [6.45, 7) is 0. The van der Waals surface area contributed by atoms with Crippen molar-refractivity contribution in [2.45, 2.75) is 31.0 Å². The number of benzene rings is 1. The number of carbonyl (C=O) groups excluding carboxylic acids is 1. The van der Waals surface area contributed by atoms with E-state index in [9.17, 15) is 23.1 Å². The van der Waals surface area contributed by atoms with Gasteiger partial charge in [-0.15, -0.1) is 4.59 Å². The molecule has 0 saturated carbocycles. The summed E-state index contributed by atoms with van der Waals surface area (Å²) in [6.07, 6.45) is 4.80. The van der Waals surface area contributed by atoms with Gasteiger partial charge in [-0.05, 0) is 55.7 Å². The van der Waals surface area contributed by atoms with Crippen LogP contribution in [0.15, 0.2) is 82.6 Å². The molecule has 1 amide bonds. The van der Waals surface area contributed by atoms with Gasteiger partial charge in [0.2, 0.25) is 5.70 Å². The lowest BCUT2D eigenvalue weighted by atomic mass is 9.80. The van der Waals surface area contributed by atoms with Crippen molar-refractivity contribution in [3.63, 3.8) is 0 Å². The number of aromatic nitrogens is 3. The molecule has 1 unspecified atom stereocenters. The van der Waals surface area contributed by atoms with E-state index in [1.807, 2.05) is 7.05 Å². The number of allylic oxidation sites excluding steroid dienone is 1. The summed E-state index contributed by atoms with van der Waals surface area (Å²) < 4.78 is 40.5. The van der Waals surface area contributed by atoms with Crippen LogP contribution in [-0.2, 0) is 25.2 Å². The Morgan fingerprint density at radius 3 is 2.75 bits per heavy atom. The first-order chi connectivity index (χ1) is 19.0. The van der Waals surface area contributed by atoms with Gasteiger partial charge in [0.1, 0.15) is 23.3 Å². The summed E-state index contributed by atoms with van der Waals surface area (Å²) in [5, 5.41) is 18.7. The van der Waals surface area contributed by atoms with Crippen LogP contribution in [0.1, 0.15) is 45.6 Å². The minimum atomic E-state index is -4.56. The molecule has 6 rings (SSSR count). The summed E-state index contributed by atoms with van der Waals surface area (Å²) in [6, 6.07) is 7.90. The highest BCUT2D eigenvalue weighted by Gasteiger charge is 2.52. The molecular formula is C27H24F3N8O2+. The Hall–Kier alpha value is -4.46. The van der Waals surface area contributed by atoms with Crippen molar-refractivity contribution in [3.05, 3.63) is 101 Å². The van der Waals surface area contributed by atoms with Crippen LogP contribution in [0.3, 0.4) is 0 Å². The molecule has 3 aromatic rings. The van der Waals surface area contributed by atoms with Crippen LogP contribution in [0.2, 0.25) is 0 Å². The third-order valence-electron chi connectivity index (χ3n) is 7.38. The first-order valence-corrected chi connectivity index (χ1v) is 12.4. The monoisotopic (exact) mass is 549 g/mol. The smallest absolute Gasteiger partial charge is 0.378 e. The number of anilines is 1. The second-order valence-corrected chi connectivity index (χ2v) is 9.82. The fraction of sp³-hybridized carbons (Fsp3) is 0.222. The van der Waals surface area contributed by atoms with Crippen molar-refractivity contribution in [1.82, 2.24) is 14.8 Å². The van der Waals surface area contributed by atoms with E-state index in [0.717, 1.165) is 36.9 Å². The number of rotatable bonds is 4. The number of nitrogens with zero attached hydrogens (tertiary/aromatic N) is 6. The van der Waals surface area contributed by atoms with E-state index in [0.29, 0.717) is 34.8 Å². The number of halogens is 3. The summed E-state index contributed by atoms with van der Waals surface area (Å²) in [5.74, 6) is 6.39. The van der Waals surface area contributed by atoms with Gasteiger partial charge in [-0.3, -0.25) is 14.5 Å². The lowest BCUT2D eigenvalue weighted by molar-refractivity contribution is -0.750. The molecule has 1 aromatic carbocycles. The quantitative estimate of drug-likeness (QED) is 0.339. The Balaban J connectivity index is 1.32. The minimum Gasteiger partial charge on any atom is -0.378 e. The fourth-order valence-corrected chi connectivity index (χ4v) is 5.31. The number of nitrogens with two attached hydrogens (primary N) is 1. The number of fused-ring (bicyclic) bond motifs is 2. The molecule has 2 atom stereocenters. The average molecular weight is 550 g/mol. The summed E-state index contributed by atoms with van der Waals surface area (Å²) in [4.78, 5) is 25.6. The van der Waals surface area contributed by atoms with E-state index < -0.39 is 23.2 Å². The molecule has 2 aliphatic heterocycles. The second-order valence-electron chi connectivity index (χ2n) is 9.82. The topological polar surface area (TPSA) is 131 Å². The van der Waals surface area contributed by atoms with E-state index in [1.54, 1.807) is 41.6 Å². The average Bonchev–Trinajstić information content (AvgIpc) is 3.47. The van der Waals surface area contributed by atoms with Crippen LogP contribution in [0, 0.1) is 0 Å². The predicted molar refractivity (Wildman–Crippen MR) is 139 cm³/mol. The summed E-state index contributed by atoms with van der Waals surface area (Å²) in [5.41, 5.74) is 0.928. The van der Waals surface area contributed by atoms with Gasteiger partial charge in [0.15, 0.2) is 0 Å². The van der Waals surface area contributed by atoms with Crippen LogP contribution in [0.5, 0.6) is 0 Å². The molecule has 0 bridgehead atoms. The lowest BCUT2D eigenvalue weighted by Gasteiger charge is -2.32. The first-order valence-electron chi connectivity index (χ1n) is 12.4. The van der Waals surface area contributed by atoms with Crippen LogP contribution < -0.4 is 11.2 Å². The van der Waals surface area contributed by atoms with Crippen LogP contribution in [-0.4, -0.2) is 42.4 Å². The number of amides is 1. The van der Waals surface area contributed by atoms with Crippen molar-refractivity contribution >= 4 is 23.8 Å². The largest absolute Gasteiger partial charge is 0.416 e. The first kappa shape index (κ1) is 25.8. The Morgan fingerprint density at radius 2 is 2.00 bits per heavy atom. The van der Waals surface area contributed by atoms with Crippen molar-refractivity contribution in [2.24, 2.45) is 22.9 Å². The number of hydrogen-bond donors (Lipinski definition) is 3. The van der Waals surface area contributed by atoms with Gasteiger partial charge >= 0.3 is 6.18 Å². The van der Waals surface area contributed by atoms with E-state index in [-0.39, 0.29) is 16.0 Å². The second kappa shape index (κ2) is 9.05.